The van der Waals surface area contributed by atoms with Crippen molar-refractivity contribution in [3.63, 3.8) is 0 Å². The highest BCUT2D eigenvalue weighted by Gasteiger charge is 2.06. The molecule has 0 heterocycles. The van der Waals surface area contributed by atoms with Gasteiger partial charge in [0.05, 0.1) is 0 Å². The summed E-state index contributed by atoms with van der Waals surface area (Å²) in [5.41, 5.74) is 8.20. The summed E-state index contributed by atoms with van der Waals surface area (Å²) in [6, 6.07) is 15.2. The maximum Gasteiger partial charge on any atom is 0.251 e. The summed E-state index contributed by atoms with van der Waals surface area (Å²) in [5, 5.41) is 2.90. The van der Waals surface area contributed by atoms with Crippen LogP contribution in [0.4, 0.5) is 0 Å². The molecule has 3 nitrogen and oxygen atoms in total. The molecule has 0 bridgehead atoms. The van der Waals surface area contributed by atoms with Gasteiger partial charge in [0.15, 0.2) is 0 Å². The van der Waals surface area contributed by atoms with Gasteiger partial charge in [0, 0.05) is 23.1 Å². The van der Waals surface area contributed by atoms with Gasteiger partial charge in [-0.3, -0.25) is 4.79 Å². The average molecular weight is 319 g/mol. The van der Waals surface area contributed by atoms with Crippen LogP contribution in [0.2, 0.25) is 0 Å². The molecule has 3 N–H and O–H groups in total. The van der Waals surface area contributed by atoms with Crippen molar-refractivity contribution in [3.05, 3.63) is 69.7 Å². The monoisotopic (exact) mass is 318 g/mol. The number of carbonyl (C=O) groups excluding carboxylic acids is 1. The summed E-state index contributed by atoms with van der Waals surface area (Å²) >= 11 is 3.46. The SMILES string of the molecule is NCc1cccc(C(=O)NCc2ccccc2Br)c1. The van der Waals surface area contributed by atoms with Crippen LogP contribution in [0, 0.1) is 0 Å². The molecule has 2 aromatic carbocycles. The summed E-state index contributed by atoms with van der Waals surface area (Å²) < 4.78 is 0.992. The number of nitrogens with two attached hydrogens (primary N) is 1. The number of carbonyl (C=O) groups is 1. The third-order valence-electron chi connectivity index (χ3n) is 2.82. The van der Waals surface area contributed by atoms with Crippen molar-refractivity contribution in [2.45, 2.75) is 13.1 Å². The number of hydrogen-bond donors (Lipinski definition) is 2. The van der Waals surface area contributed by atoms with E-state index in [0.29, 0.717) is 18.7 Å². The lowest BCUT2D eigenvalue weighted by atomic mass is 10.1. The van der Waals surface area contributed by atoms with E-state index in [4.69, 9.17) is 5.73 Å². The van der Waals surface area contributed by atoms with E-state index in [0.717, 1.165) is 15.6 Å². The lowest BCUT2D eigenvalue weighted by Crippen LogP contribution is -2.23. The summed E-state index contributed by atoms with van der Waals surface area (Å²) in [5.74, 6) is -0.0916. The molecule has 0 aliphatic carbocycles. The highest BCUT2D eigenvalue weighted by molar-refractivity contribution is 9.10. The van der Waals surface area contributed by atoms with Crippen molar-refractivity contribution in [1.29, 1.82) is 0 Å². The van der Waals surface area contributed by atoms with E-state index in [2.05, 4.69) is 21.2 Å². The Kier molecular flexibility index (Phi) is 4.71. The highest BCUT2D eigenvalue weighted by atomic mass is 79.9. The molecule has 0 fully saturated rings. The fourth-order valence-corrected chi connectivity index (χ4v) is 2.18. The predicted molar refractivity (Wildman–Crippen MR) is 79.6 cm³/mol. The Morgan fingerprint density at radius 3 is 2.68 bits per heavy atom. The molecule has 0 spiro atoms. The number of hydrogen-bond acceptors (Lipinski definition) is 2. The summed E-state index contributed by atoms with van der Waals surface area (Å²) in [4.78, 5) is 12.0. The first kappa shape index (κ1) is 13.8. The van der Waals surface area contributed by atoms with E-state index in [1.54, 1.807) is 6.07 Å². The standard InChI is InChI=1S/C15H15BrN2O/c16-14-7-2-1-5-13(14)10-18-15(19)12-6-3-4-11(8-12)9-17/h1-8H,9-10,17H2,(H,18,19). The minimum atomic E-state index is -0.0916. The van der Waals surface area contributed by atoms with Crippen LogP contribution in [0.3, 0.4) is 0 Å². The Morgan fingerprint density at radius 2 is 1.95 bits per heavy atom. The maximum absolute atomic E-state index is 12.0. The number of halogens is 1. The van der Waals surface area contributed by atoms with Gasteiger partial charge in [-0.25, -0.2) is 0 Å². The average Bonchev–Trinajstić information content (AvgIpc) is 2.46. The zero-order chi connectivity index (χ0) is 13.7. The normalized spacial score (nSPS) is 10.2. The minimum absolute atomic E-state index is 0.0916. The summed E-state index contributed by atoms with van der Waals surface area (Å²) in [6.45, 7) is 0.929. The van der Waals surface area contributed by atoms with Crippen molar-refractivity contribution in [3.8, 4) is 0 Å². The van der Waals surface area contributed by atoms with Gasteiger partial charge in [0.2, 0.25) is 0 Å². The zero-order valence-electron chi connectivity index (χ0n) is 10.4. The maximum atomic E-state index is 12.0. The molecule has 0 aromatic heterocycles. The molecule has 2 rings (SSSR count). The van der Waals surface area contributed by atoms with E-state index in [1.165, 1.54) is 0 Å². The number of benzene rings is 2. The molecule has 0 saturated heterocycles. The fourth-order valence-electron chi connectivity index (χ4n) is 1.76. The molecule has 0 saturated carbocycles. The molecular weight excluding hydrogens is 304 g/mol. The summed E-state index contributed by atoms with van der Waals surface area (Å²) in [6.07, 6.45) is 0. The van der Waals surface area contributed by atoms with Crippen molar-refractivity contribution in [2.75, 3.05) is 0 Å². The predicted octanol–water partition coefficient (Wildman–Crippen LogP) is 2.84. The van der Waals surface area contributed by atoms with Crippen LogP contribution < -0.4 is 11.1 Å². The topological polar surface area (TPSA) is 55.1 Å². The Hall–Kier alpha value is -1.65. The van der Waals surface area contributed by atoms with Crippen LogP contribution in [0.5, 0.6) is 0 Å². The molecule has 0 aliphatic rings. The fraction of sp³-hybridized carbons (Fsp3) is 0.133. The van der Waals surface area contributed by atoms with E-state index >= 15 is 0 Å². The molecule has 0 aliphatic heterocycles. The van der Waals surface area contributed by atoms with E-state index in [9.17, 15) is 4.79 Å². The minimum Gasteiger partial charge on any atom is -0.348 e. The molecule has 0 unspecified atom stereocenters. The first-order valence-electron chi connectivity index (χ1n) is 6.01. The van der Waals surface area contributed by atoms with E-state index in [1.807, 2.05) is 42.5 Å². The van der Waals surface area contributed by atoms with Crippen molar-refractivity contribution in [2.24, 2.45) is 5.73 Å². The van der Waals surface area contributed by atoms with Crippen LogP contribution in [-0.2, 0) is 13.1 Å². The highest BCUT2D eigenvalue weighted by Crippen LogP contribution is 2.15. The van der Waals surface area contributed by atoms with Crippen LogP contribution >= 0.6 is 15.9 Å². The Bertz CT molecular complexity index is 584. The van der Waals surface area contributed by atoms with E-state index < -0.39 is 0 Å². The Balaban J connectivity index is 2.03. The van der Waals surface area contributed by atoms with Gasteiger partial charge in [-0.05, 0) is 29.3 Å². The second-order valence-electron chi connectivity index (χ2n) is 4.18. The zero-order valence-corrected chi connectivity index (χ0v) is 12.0. The van der Waals surface area contributed by atoms with Crippen molar-refractivity contribution >= 4 is 21.8 Å². The van der Waals surface area contributed by atoms with Gasteiger partial charge in [-0.15, -0.1) is 0 Å². The van der Waals surface area contributed by atoms with Gasteiger partial charge in [-0.1, -0.05) is 46.3 Å². The largest absolute Gasteiger partial charge is 0.348 e. The number of amides is 1. The Labute approximate surface area is 121 Å². The molecule has 0 radical (unpaired) electrons. The van der Waals surface area contributed by atoms with Crippen LogP contribution in [0.15, 0.2) is 53.0 Å². The van der Waals surface area contributed by atoms with Gasteiger partial charge in [0.1, 0.15) is 0 Å². The first-order valence-corrected chi connectivity index (χ1v) is 6.80. The van der Waals surface area contributed by atoms with Gasteiger partial charge in [0.25, 0.3) is 5.91 Å². The van der Waals surface area contributed by atoms with Gasteiger partial charge in [-0.2, -0.15) is 0 Å². The second-order valence-corrected chi connectivity index (χ2v) is 5.03. The third-order valence-corrected chi connectivity index (χ3v) is 3.60. The molecular formula is C15H15BrN2O. The lowest BCUT2D eigenvalue weighted by Gasteiger charge is -2.08. The van der Waals surface area contributed by atoms with Crippen LogP contribution in [0.1, 0.15) is 21.5 Å². The molecule has 4 heteroatoms. The van der Waals surface area contributed by atoms with Crippen LogP contribution in [-0.4, -0.2) is 5.91 Å². The van der Waals surface area contributed by atoms with Gasteiger partial charge < -0.3 is 11.1 Å². The molecule has 2 aromatic rings. The number of rotatable bonds is 4. The lowest BCUT2D eigenvalue weighted by molar-refractivity contribution is 0.0950. The van der Waals surface area contributed by atoms with Crippen molar-refractivity contribution in [1.82, 2.24) is 5.32 Å². The Morgan fingerprint density at radius 1 is 1.16 bits per heavy atom. The van der Waals surface area contributed by atoms with Crippen LogP contribution in [0.25, 0.3) is 0 Å². The quantitative estimate of drug-likeness (QED) is 0.910. The molecule has 0 atom stereocenters. The number of nitrogens with one attached hydrogen (secondary N) is 1. The molecule has 1 amide bonds. The van der Waals surface area contributed by atoms with Gasteiger partial charge >= 0.3 is 0 Å². The summed E-state index contributed by atoms with van der Waals surface area (Å²) in [7, 11) is 0. The molecule has 19 heavy (non-hydrogen) atoms. The van der Waals surface area contributed by atoms with Crippen molar-refractivity contribution < 1.29 is 4.79 Å². The first-order chi connectivity index (χ1) is 9.20. The molecule has 98 valence electrons. The smallest absolute Gasteiger partial charge is 0.251 e. The second kappa shape index (κ2) is 6.50. The van der Waals surface area contributed by atoms with E-state index in [-0.39, 0.29) is 5.91 Å². The third kappa shape index (κ3) is 3.66.